The average molecular weight is 1220 g/mol. The number of benzene rings is 6. The number of nitrogens with zero attached hydrogens (tertiary/aromatic N) is 3. The highest BCUT2D eigenvalue weighted by molar-refractivity contribution is 9.10. The van der Waals surface area contributed by atoms with Gasteiger partial charge in [0.2, 0.25) is 0 Å². The number of rotatable bonds is 8. The van der Waals surface area contributed by atoms with E-state index in [0.717, 1.165) is 57.1 Å². The van der Waals surface area contributed by atoms with Crippen LogP contribution in [0.4, 0.5) is 9.59 Å². The Labute approximate surface area is 521 Å². The molecule has 0 unspecified atom stereocenters. The maximum Gasteiger partial charge on any atom is 0.494 e. The third kappa shape index (κ3) is 14.8. The van der Waals surface area contributed by atoms with Crippen LogP contribution in [0.3, 0.4) is 0 Å². The first-order valence-corrected chi connectivity index (χ1v) is 30.4. The fourth-order valence-corrected chi connectivity index (χ4v) is 11.6. The molecule has 4 aliphatic rings. The van der Waals surface area contributed by atoms with Crippen molar-refractivity contribution in [2.75, 3.05) is 0 Å². The lowest BCUT2D eigenvalue weighted by Crippen LogP contribution is -2.41. The molecule has 12 nitrogen and oxygen atoms in total. The number of halogens is 1. The number of hydrogen-bond acceptors (Lipinski definition) is 10. The summed E-state index contributed by atoms with van der Waals surface area (Å²) in [5.41, 5.74) is 28.1. The lowest BCUT2D eigenvalue weighted by Gasteiger charge is -2.32. The van der Waals surface area contributed by atoms with Crippen molar-refractivity contribution in [1.82, 2.24) is 25.6 Å². The van der Waals surface area contributed by atoms with Crippen molar-refractivity contribution in [2.24, 2.45) is 5.73 Å². The molecule has 0 atom stereocenters. The van der Waals surface area contributed by atoms with Crippen LogP contribution in [-0.2, 0) is 57.7 Å². The predicted octanol–water partition coefficient (Wildman–Crippen LogP) is 15.5. The summed E-state index contributed by atoms with van der Waals surface area (Å²) in [4.78, 5) is 37.3. The molecule has 1 aliphatic heterocycles. The Kier molecular flexibility index (Phi) is 18.5. The molecule has 0 saturated carbocycles. The zero-order valence-corrected chi connectivity index (χ0v) is 53.0. The van der Waals surface area contributed by atoms with E-state index in [1.54, 1.807) is 0 Å². The second-order valence-electron chi connectivity index (χ2n) is 25.1. The molecule has 2 amide bonds. The molecule has 3 aromatic heterocycles. The van der Waals surface area contributed by atoms with Gasteiger partial charge < -0.3 is 35.1 Å². The van der Waals surface area contributed by atoms with Crippen molar-refractivity contribution in [3.63, 3.8) is 0 Å². The van der Waals surface area contributed by atoms with Gasteiger partial charge in [0.1, 0.15) is 11.2 Å². The van der Waals surface area contributed by atoms with E-state index in [1.165, 1.54) is 78.1 Å². The summed E-state index contributed by atoms with van der Waals surface area (Å²) in [5.74, 6) is 0. The summed E-state index contributed by atoms with van der Waals surface area (Å²) < 4.78 is 23.8. The number of alkyl carbamates (subject to hydrolysis) is 2. The number of pyridine rings is 3. The van der Waals surface area contributed by atoms with Gasteiger partial charge in [-0.1, -0.05) is 149 Å². The number of hydrogen-bond donors (Lipinski definition) is 3. The molecule has 3 aliphatic carbocycles. The van der Waals surface area contributed by atoms with Crippen LogP contribution < -0.4 is 21.8 Å². The van der Waals surface area contributed by atoms with Crippen molar-refractivity contribution in [2.45, 2.75) is 131 Å². The van der Waals surface area contributed by atoms with E-state index < -0.39 is 30.5 Å². The predicted molar refractivity (Wildman–Crippen MR) is 352 cm³/mol. The van der Waals surface area contributed by atoms with Crippen molar-refractivity contribution in [3.8, 4) is 55.6 Å². The first-order chi connectivity index (χ1) is 41.5. The Morgan fingerprint density at radius 2 is 0.897 bits per heavy atom. The van der Waals surface area contributed by atoms with Gasteiger partial charge in [-0.3, -0.25) is 15.0 Å². The van der Waals surface area contributed by atoms with E-state index in [4.69, 9.17) is 24.5 Å². The number of carbonyl (C=O) groups excluding carboxylic acids is 2. The standard InChI is InChI=1S/C24H24N2O2.C19H16N2.C18H28BNO4.C12H8BrN/c1-24(2,3)28-23(27)26-15-16-7-6-9-17(13-16)20-11-12-25-21-14-18-8-4-5-10-19(18)22(20)21;20-12-13-4-3-6-14(10-13)17-8-9-21-18-11-15-5-1-2-7-16(15)19(17)18;1-16(2,3)22-15(21)20-12-13-9-8-10-14(11-13)19-23-17(4,5)18(6,7)24-19;13-10-5-6-14-11-7-8-3-1-2-4-9(8)12(10)11/h4-13H,14-15H2,1-3H3,(H,26,27);1-10H,11-12,20H2;8-11H,12H2,1-7H3,(H,20,21);1-6H,7H2. The molecule has 87 heavy (non-hydrogen) atoms. The lowest BCUT2D eigenvalue weighted by atomic mass is 9.78. The Morgan fingerprint density at radius 1 is 0.506 bits per heavy atom. The normalized spacial score (nSPS) is 14.1. The highest BCUT2D eigenvalue weighted by atomic mass is 79.9. The second kappa shape index (κ2) is 26.0. The molecule has 0 radical (unpaired) electrons. The van der Waals surface area contributed by atoms with E-state index in [-0.39, 0.29) is 11.2 Å². The summed E-state index contributed by atoms with van der Waals surface area (Å²) in [6, 6.07) is 56.3. The van der Waals surface area contributed by atoms with Gasteiger partial charge in [-0.15, -0.1) is 0 Å². The molecule has 444 valence electrons. The highest BCUT2D eigenvalue weighted by Crippen LogP contribution is 2.44. The van der Waals surface area contributed by atoms with Gasteiger partial charge in [0.25, 0.3) is 0 Å². The van der Waals surface area contributed by atoms with Crippen LogP contribution in [0.25, 0.3) is 55.6 Å². The van der Waals surface area contributed by atoms with Crippen molar-refractivity contribution in [3.05, 3.63) is 237 Å². The Morgan fingerprint density at radius 3 is 1.36 bits per heavy atom. The van der Waals surface area contributed by atoms with E-state index in [2.05, 4.69) is 163 Å². The van der Waals surface area contributed by atoms with Crippen LogP contribution in [0, 0.1) is 0 Å². The molecule has 6 aromatic carbocycles. The Bertz CT molecular complexity index is 3970. The van der Waals surface area contributed by atoms with Gasteiger partial charge in [-0.25, -0.2) is 9.59 Å². The molecule has 4 heterocycles. The molecular formula is C73H76BBrN6O6. The van der Waals surface area contributed by atoms with Gasteiger partial charge in [0.05, 0.1) is 28.3 Å². The first kappa shape index (κ1) is 61.8. The minimum absolute atomic E-state index is 0.373. The number of nitrogens with one attached hydrogen (secondary N) is 2. The number of ether oxygens (including phenoxy) is 2. The number of carbonyl (C=O) groups is 2. The summed E-state index contributed by atoms with van der Waals surface area (Å²) in [6.45, 7) is 20.6. The minimum atomic E-state index is -0.505. The first-order valence-electron chi connectivity index (χ1n) is 29.6. The van der Waals surface area contributed by atoms with Gasteiger partial charge in [0, 0.05) is 78.7 Å². The number of nitrogens with two attached hydrogens (primary N) is 1. The van der Waals surface area contributed by atoms with Gasteiger partial charge in [0.15, 0.2) is 0 Å². The minimum Gasteiger partial charge on any atom is -0.444 e. The topological polar surface area (TPSA) is 160 Å². The van der Waals surface area contributed by atoms with Gasteiger partial charge in [-0.2, -0.15) is 0 Å². The summed E-state index contributed by atoms with van der Waals surface area (Å²) in [5, 5.41) is 5.59. The molecule has 0 spiro atoms. The van der Waals surface area contributed by atoms with Crippen molar-refractivity contribution < 1.29 is 28.4 Å². The van der Waals surface area contributed by atoms with Crippen LogP contribution in [0.15, 0.2) is 187 Å². The molecule has 4 N–H and O–H groups in total. The zero-order chi connectivity index (χ0) is 61.7. The maximum atomic E-state index is 11.9. The smallest absolute Gasteiger partial charge is 0.444 e. The van der Waals surface area contributed by atoms with Gasteiger partial charge >= 0.3 is 19.3 Å². The van der Waals surface area contributed by atoms with E-state index >= 15 is 0 Å². The van der Waals surface area contributed by atoms with Crippen molar-refractivity contribution in [1.29, 1.82) is 0 Å². The second-order valence-corrected chi connectivity index (χ2v) is 26.0. The van der Waals surface area contributed by atoms with Crippen molar-refractivity contribution >= 4 is 40.7 Å². The highest BCUT2D eigenvalue weighted by Gasteiger charge is 2.51. The third-order valence-electron chi connectivity index (χ3n) is 15.8. The lowest BCUT2D eigenvalue weighted by molar-refractivity contribution is 0.00578. The van der Waals surface area contributed by atoms with E-state index in [1.807, 2.05) is 130 Å². The fraction of sp³-hybridized carbons (Fsp3) is 0.274. The van der Waals surface area contributed by atoms with Crippen LogP contribution >= 0.6 is 15.9 Å². The average Bonchev–Trinajstić information content (AvgIpc) is 1.87. The number of aromatic nitrogens is 3. The van der Waals surface area contributed by atoms with E-state index in [0.29, 0.717) is 19.6 Å². The Balaban J connectivity index is 0.000000131. The van der Waals surface area contributed by atoms with Crippen LogP contribution in [0.2, 0.25) is 0 Å². The SMILES string of the molecule is Brc1ccnc2c1-c1ccccc1C2.CC(C)(C)OC(=O)NCc1cccc(-c2ccnc3c2-c2ccccc2C3)c1.CC(C)(C)OC(=O)NCc1cccc(B2OC(C)(C)C(C)(C)O2)c1.NCc1cccc(-c2ccnc3c2-c2ccccc2C3)c1. The molecule has 9 aromatic rings. The maximum absolute atomic E-state index is 11.9. The molecule has 1 fully saturated rings. The molecule has 13 rings (SSSR count). The van der Waals surface area contributed by atoms with E-state index in [9.17, 15) is 9.59 Å². The summed E-state index contributed by atoms with van der Waals surface area (Å²) in [6.07, 6.45) is 7.58. The summed E-state index contributed by atoms with van der Waals surface area (Å²) >= 11 is 3.58. The Hall–Kier alpha value is -8.27. The molecule has 1 saturated heterocycles. The zero-order valence-electron chi connectivity index (χ0n) is 51.4. The largest absolute Gasteiger partial charge is 0.494 e. The quantitative estimate of drug-likeness (QED) is 0.125. The molecule has 0 bridgehead atoms. The molecular weight excluding hydrogens is 1150 g/mol. The fourth-order valence-electron chi connectivity index (χ4n) is 11.1. The number of amides is 2. The number of fused-ring (bicyclic) bond motifs is 9. The third-order valence-corrected chi connectivity index (χ3v) is 16.5. The van der Waals surface area contributed by atoms with Crippen LogP contribution in [0.1, 0.15) is 120 Å². The molecule has 14 heteroatoms. The van der Waals surface area contributed by atoms with Gasteiger partial charge in [-0.05, 0) is 177 Å². The van der Waals surface area contributed by atoms with Crippen LogP contribution in [-0.4, -0.2) is 56.7 Å². The monoisotopic (exact) mass is 1220 g/mol. The van der Waals surface area contributed by atoms with Crippen LogP contribution in [0.5, 0.6) is 0 Å². The summed E-state index contributed by atoms with van der Waals surface area (Å²) in [7, 11) is -0.406.